The van der Waals surface area contributed by atoms with Crippen molar-refractivity contribution < 1.29 is 8.42 Å². The maximum Gasteiger partial charge on any atom is 0.281 e. The Morgan fingerprint density at radius 3 is 2.71 bits per heavy atom. The molecular formula is C14H20N4O2S. The first-order valence-electron chi connectivity index (χ1n) is 6.76. The zero-order valence-corrected chi connectivity index (χ0v) is 13.2. The standard InChI is InChI=1S/C14H20N4O2S/c1-4-15-9-12-10-16-17-14(12)21(19,20)18(3)13-8-6-5-7-11(13)2/h5-8,10,15H,4,9H2,1-3H3,(H,16,17). The molecule has 0 saturated carbocycles. The smallest absolute Gasteiger partial charge is 0.281 e. The van der Waals surface area contributed by atoms with Crippen molar-refractivity contribution in [2.24, 2.45) is 0 Å². The highest BCUT2D eigenvalue weighted by Crippen LogP contribution is 2.25. The Kier molecular flexibility index (Phi) is 4.64. The molecule has 2 N–H and O–H groups in total. The van der Waals surface area contributed by atoms with Gasteiger partial charge in [-0.2, -0.15) is 13.5 Å². The highest BCUT2D eigenvalue weighted by Gasteiger charge is 2.26. The van der Waals surface area contributed by atoms with Gasteiger partial charge in [0.05, 0.1) is 11.9 Å². The molecule has 0 aliphatic carbocycles. The first-order chi connectivity index (χ1) is 9.98. The van der Waals surface area contributed by atoms with Crippen LogP contribution in [0.25, 0.3) is 0 Å². The summed E-state index contributed by atoms with van der Waals surface area (Å²) in [4.78, 5) is 0. The number of hydrogen-bond acceptors (Lipinski definition) is 4. The lowest BCUT2D eigenvalue weighted by atomic mass is 10.2. The number of aromatic nitrogens is 2. The number of hydrogen-bond donors (Lipinski definition) is 2. The van der Waals surface area contributed by atoms with Crippen LogP contribution in [0.2, 0.25) is 0 Å². The van der Waals surface area contributed by atoms with Gasteiger partial charge in [0.1, 0.15) is 0 Å². The number of sulfonamides is 1. The van der Waals surface area contributed by atoms with E-state index in [1.165, 1.54) is 4.31 Å². The van der Waals surface area contributed by atoms with Gasteiger partial charge in [-0.05, 0) is 25.1 Å². The summed E-state index contributed by atoms with van der Waals surface area (Å²) in [5.74, 6) is 0. The Bertz CT molecular complexity index is 709. The first-order valence-corrected chi connectivity index (χ1v) is 8.20. The van der Waals surface area contributed by atoms with E-state index in [1.807, 2.05) is 32.0 Å². The summed E-state index contributed by atoms with van der Waals surface area (Å²) in [6.07, 6.45) is 1.54. The topological polar surface area (TPSA) is 78.1 Å². The highest BCUT2D eigenvalue weighted by atomic mass is 32.2. The molecule has 0 aliphatic rings. The van der Waals surface area contributed by atoms with Crippen molar-refractivity contribution in [1.82, 2.24) is 15.5 Å². The van der Waals surface area contributed by atoms with E-state index in [2.05, 4.69) is 15.5 Å². The third kappa shape index (κ3) is 3.08. The molecule has 1 aromatic carbocycles. The minimum Gasteiger partial charge on any atom is -0.313 e. The lowest BCUT2D eigenvalue weighted by Gasteiger charge is -2.21. The summed E-state index contributed by atoms with van der Waals surface area (Å²) in [5.41, 5.74) is 2.19. The van der Waals surface area contributed by atoms with E-state index in [4.69, 9.17) is 0 Å². The predicted octanol–water partition coefficient (Wildman–Crippen LogP) is 1.65. The number of aromatic amines is 1. The van der Waals surface area contributed by atoms with E-state index in [9.17, 15) is 8.42 Å². The van der Waals surface area contributed by atoms with Crippen LogP contribution in [0.15, 0.2) is 35.5 Å². The van der Waals surface area contributed by atoms with Crippen LogP contribution in [0, 0.1) is 6.92 Å². The molecule has 7 heteroatoms. The molecular weight excluding hydrogens is 288 g/mol. The number of anilines is 1. The van der Waals surface area contributed by atoms with Crippen molar-refractivity contribution in [2.45, 2.75) is 25.4 Å². The average molecular weight is 308 g/mol. The zero-order chi connectivity index (χ0) is 15.5. The van der Waals surface area contributed by atoms with Gasteiger partial charge in [0.2, 0.25) is 0 Å². The second-order valence-corrected chi connectivity index (χ2v) is 6.67. The van der Waals surface area contributed by atoms with E-state index in [-0.39, 0.29) is 5.03 Å². The summed E-state index contributed by atoms with van der Waals surface area (Å²) in [6.45, 7) is 5.07. The molecule has 6 nitrogen and oxygen atoms in total. The van der Waals surface area contributed by atoms with Gasteiger partial charge in [0, 0.05) is 19.2 Å². The minimum absolute atomic E-state index is 0.134. The van der Waals surface area contributed by atoms with Crippen molar-refractivity contribution in [3.8, 4) is 0 Å². The Morgan fingerprint density at radius 1 is 1.33 bits per heavy atom. The first kappa shape index (κ1) is 15.5. The maximum absolute atomic E-state index is 12.8. The van der Waals surface area contributed by atoms with Gasteiger partial charge < -0.3 is 5.32 Å². The quantitative estimate of drug-likeness (QED) is 0.850. The van der Waals surface area contributed by atoms with Gasteiger partial charge >= 0.3 is 0 Å². The second kappa shape index (κ2) is 6.28. The van der Waals surface area contributed by atoms with E-state index >= 15 is 0 Å². The molecule has 0 amide bonds. The SMILES string of the molecule is CCNCc1cn[nH]c1S(=O)(=O)N(C)c1ccccc1C. The van der Waals surface area contributed by atoms with Gasteiger partial charge in [-0.3, -0.25) is 9.40 Å². The largest absolute Gasteiger partial charge is 0.313 e. The van der Waals surface area contributed by atoms with Crippen molar-refractivity contribution in [3.05, 3.63) is 41.6 Å². The summed E-state index contributed by atoms with van der Waals surface area (Å²) in [6, 6.07) is 7.37. The monoisotopic (exact) mass is 308 g/mol. The third-order valence-electron chi connectivity index (χ3n) is 3.32. The van der Waals surface area contributed by atoms with Crippen LogP contribution in [-0.4, -0.2) is 32.2 Å². The number of nitrogens with one attached hydrogen (secondary N) is 2. The fraction of sp³-hybridized carbons (Fsp3) is 0.357. The summed E-state index contributed by atoms with van der Waals surface area (Å²) in [7, 11) is -2.11. The van der Waals surface area contributed by atoms with Crippen LogP contribution in [0.1, 0.15) is 18.1 Å². The summed E-state index contributed by atoms with van der Waals surface area (Å²) < 4.78 is 26.8. The Balaban J connectivity index is 2.38. The van der Waals surface area contributed by atoms with Gasteiger partial charge in [0.25, 0.3) is 10.0 Å². The van der Waals surface area contributed by atoms with Crippen molar-refractivity contribution in [1.29, 1.82) is 0 Å². The summed E-state index contributed by atoms with van der Waals surface area (Å²) >= 11 is 0. The van der Waals surface area contributed by atoms with E-state index in [0.717, 1.165) is 12.1 Å². The minimum atomic E-state index is -3.66. The molecule has 21 heavy (non-hydrogen) atoms. The maximum atomic E-state index is 12.8. The molecule has 0 aliphatic heterocycles. The Labute approximate surface area is 125 Å². The van der Waals surface area contributed by atoms with Crippen LogP contribution in [0.5, 0.6) is 0 Å². The fourth-order valence-electron chi connectivity index (χ4n) is 2.09. The van der Waals surface area contributed by atoms with Crippen LogP contribution < -0.4 is 9.62 Å². The van der Waals surface area contributed by atoms with Crippen LogP contribution in [-0.2, 0) is 16.6 Å². The van der Waals surface area contributed by atoms with Crippen molar-refractivity contribution in [3.63, 3.8) is 0 Å². The van der Waals surface area contributed by atoms with E-state index in [0.29, 0.717) is 17.8 Å². The average Bonchev–Trinajstić information content (AvgIpc) is 2.94. The van der Waals surface area contributed by atoms with E-state index < -0.39 is 10.0 Å². The van der Waals surface area contributed by atoms with Gasteiger partial charge in [0.15, 0.2) is 5.03 Å². The van der Waals surface area contributed by atoms with Gasteiger partial charge in [-0.15, -0.1) is 0 Å². The molecule has 1 heterocycles. The normalized spacial score (nSPS) is 11.6. The fourth-order valence-corrected chi connectivity index (χ4v) is 3.45. The van der Waals surface area contributed by atoms with Gasteiger partial charge in [-0.25, -0.2) is 0 Å². The van der Waals surface area contributed by atoms with Crippen LogP contribution in [0.4, 0.5) is 5.69 Å². The molecule has 114 valence electrons. The molecule has 0 spiro atoms. The van der Waals surface area contributed by atoms with Crippen LogP contribution in [0.3, 0.4) is 0 Å². The van der Waals surface area contributed by atoms with Crippen LogP contribution >= 0.6 is 0 Å². The molecule has 0 atom stereocenters. The number of rotatable bonds is 6. The van der Waals surface area contributed by atoms with Crippen molar-refractivity contribution >= 4 is 15.7 Å². The lowest BCUT2D eigenvalue weighted by Crippen LogP contribution is -2.29. The number of para-hydroxylation sites is 1. The Hall–Kier alpha value is -1.86. The third-order valence-corrected chi connectivity index (χ3v) is 5.10. The van der Waals surface area contributed by atoms with E-state index in [1.54, 1.807) is 19.3 Å². The molecule has 2 aromatic rings. The number of H-pyrrole nitrogens is 1. The predicted molar refractivity (Wildman–Crippen MR) is 82.7 cm³/mol. The zero-order valence-electron chi connectivity index (χ0n) is 12.4. The molecule has 1 aromatic heterocycles. The Morgan fingerprint density at radius 2 is 2.05 bits per heavy atom. The highest BCUT2D eigenvalue weighted by molar-refractivity contribution is 7.92. The molecule has 0 unspecified atom stereocenters. The second-order valence-electron chi connectivity index (χ2n) is 4.76. The van der Waals surface area contributed by atoms with Crippen molar-refractivity contribution in [2.75, 3.05) is 17.9 Å². The molecule has 0 radical (unpaired) electrons. The summed E-state index contributed by atoms with van der Waals surface area (Å²) in [5, 5.41) is 9.72. The molecule has 0 bridgehead atoms. The number of aryl methyl sites for hydroxylation is 1. The lowest BCUT2D eigenvalue weighted by molar-refractivity contribution is 0.587. The number of benzene rings is 1. The molecule has 0 saturated heterocycles. The molecule has 2 rings (SSSR count). The van der Waals surface area contributed by atoms with Gasteiger partial charge in [-0.1, -0.05) is 25.1 Å². The number of nitrogens with zero attached hydrogens (tertiary/aromatic N) is 2. The molecule has 0 fully saturated rings.